The molecule has 1 aliphatic heterocycles. The van der Waals surface area contributed by atoms with E-state index in [1.807, 2.05) is 4.98 Å². The summed E-state index contributed by atoms with van der Waals surface area (Å²) in [6.45, 7) is 2.37. The molecule has 32 heavy (non-hydrogen) atoms. The molecular weight excluding hydrogens is 466 g/mol. The molecule has 0 unspecified atom stereocenters. The number of hydrogen-bond donors (Lipinski definition) is 1. The van der Waals surface area contributed by atoms with Crippen molar-refractivity contribution in [3.8, 4) is 0 Å². The highest BCUT2D eigenvalue weighted by atomic mass is 32.1. The van der Waals surface area contributed by atoms with Gasteiger partial charge in [0, 0.05) is 38.8 Å². The van der Waals surface area contributed by atoms with Gasteiger partial charge in [-0.3, -0.25) is 4.79 Å². The van der Waals surface area contributed by atoms with E-state index in [9.17, 15) is 35.9 Å². The zero-order valence-electron chi connectivity index (χ0n) is 16.6. The monoisotopic (exact) mass is 484 g/mol. The van der Waals surface area contributed by atoms with Gasteiger partial charge in [-0.2, -0.15) is 26.3 Å². The summed E-state index contributed by atoms with van der Waals surface area (Å²) in [5.74, 6) is 0. The summed E-state index contributed by atoms with van der Waals surface area (Å²) in [7, 11) is 0. The molecule has 0 aromatic carbocycles. The molecule has 176 valence electrons. The van der Waals surface area contributed by atoms with Crippen LogP contribution in [0.4, 0.5) is 36.3 Å². The first-order valence-corrected chi connectivity index (χ1v) is 10.2. The number of piperazine rings is 1. The Labute approximate surface area is 181 Å². The van der Waals surface area contributed by atoms with Gasteiger partial charge in [-0.15, -0.1) is 0 Å². The molecule has 1 fully saturated rings. The fourth-order valence-electron chi connectivity index (χ4n) is 3.10. The number of carbonyl (C=O) groups is 1. The number of carbonyl (C=O) groups excluding carboxylic acids is 1. The van der Waals surface area contributed by atoms with Gasteiger partial charge in [-0.05, 0) is 18.6 Å². The predicted octanol–water partition coefficient (Wildman–Crippen LogP) is 3.76. The first kappa shape index (κ1) is 23.9. The zero-order valence-corrected chi connectivity index (χ0v) is 17.4. The number of alkyl halides is 6. The molecule has 1 saturated heterocycles. The van der Waals surface area contributed by atoms with E-state index in [2.05, 4.69) is 4.98 Å². The molecule has 0 saturated carbocycles. The average Bonchev–Trinajstić information content (AvgIpc) is 3.19. The van der Waals surface area contributed by atoms with Gasteiger partial charge in [0.25, 0.3) is 5.56 Å². The van der Waals surface area contributed by atoms with Gasteiger partial charge in [-0.25, -0.2) is 9.78 Å². The lowest BCUT2D eigenvalue weighted by Crippen LogP contribution is -2.49. The highest BCUT2D eigenvalue weighted by Crippen LogP contribution is 2.36. The molecule has 3 heterocycles. The maximum Gasteiger partial charge on any atom is 0.427 e. The molecule has 7 nitrogen and oxygen atoms in total. The zero-order chi connectivity index (χ0) is 23.7. The van der Waals surface area contributed by atoms with Crippen molar-refractivity contribution in [2.24, 2.45) is 0 Å². The highest BCUT2D eigenvalue weighted by Gasteiger charge is 2.35. The first-order chi connectivity index (χ1) is 14.8. The van der Waals surface area contributed by atoms with Crippen molar-refractivity contribution in [3.63, 3.8) is 0 Å². The van der Waals surface area contributed by atoms with E-state index in [-0.39, 0.29) is 43.3 Å². The number of rotatable bonds is 4. The third-order valence-electron chi connectivity index (χ3n) is 4.67. The molecule has 0 spiro atoms. The van der Waals surface area contributed by atoms with Crippen LogP contribution in [0.25, 0.3) is 0 Å². The van der Waals surface area contributed by atoms with Crippen molar-refractivity contribution in [2.45, 2.75) is 31.8 Å². The highest BCUT2D eigenvalue weighted by molar-refractivity contribution is 7.15. The number of hydrogen-bond acceptors (Lipinski definition) is 6. The molecule has 1 atom stereocenters. The largest absolute Gasteiger partial charge is 0.446 e. The molecule has 0 bridgehead atoms. The number of pyridine rings is 1. The molecule has 14 heteroatoms. The molecule has 1 N–H and O–H groups in total. The minimum absolute atomic E-state index is 0.0507. The molecule has 1 aliphatic rings. The lowest BCUT2D eigenvalue weighted by atomic mass is 10.1. The van der Waals surface area contributed by atoms with Crippen LogP contribution >= 0.6 is 11.3 Å². The molecular formula is C18H18F6N4O3S. The van der Waals surface area contributed by atoms with Gasteiger partial charge in [-0.1, -0.05) is 11.3 Å². The van der Waals surface area contributed by atoms with Crippen molar-refractivity contribution in [3.05, 3.63) is 44.8 Å². The molecule has 0 radical (unpaired) electrons. The number of anilines is 1. The lowest BCUT2D eigenvalue weighted by Gasteiger charge is -2.34. The Bertz CT molecular complexity index is 1010. The van der Waals surface area contributed by atoms with Gasteiger partial charge in [0.1, 0.15) is 16.5 Å². The number of aromatic amines is 1. The summed E-state index contributed by atoms with van der Waals surface area (Å²) in [4.78, 5) is 31.7. The van der Waals surface area contributed by atoms with Crippen LogP contribution in [0, 0.1) is 0 Å². The number of aromatic nitrogens is 2. The number of halogens is 6. The van der Waals surface area contributed by atoms with Crippen LogP contribution in [0.15, 0.2) is 23.3 Å². The fourth-order valence-corrected chi connectivity index (χ4v) is 3.93. The van der Waals surface area contributed by atoms with E-state index < -0.39 is 40.5 Å². The maximum atomic E-state index is 12.9. The van der Waals surface area contributed by atoms with E-state index in [0.29, 0.717) is 17.4 Å². The molecule has 2 aromatic rings. The summed E-state index contributed by atoms with van der Waals surface area (Å²) in [6.07, 6.45) is -8.89. The Morgan fingerprint density at radius 3 is 2.41 bits per heavy atom. The van der Waals surface area contributed by atoms with E-state index in [1.165, 1.54) is 11.8 Å². The van der Waals surface area contributed by atoms with Crippen LogP contribution in [0.2, 0.25) is 0 Å². The molecule has 3 rings (SSSR count). The van der Waals surface area contributed by atoms with Crippen LogP contribution in [-0.4, -0.2) is 53.2 Å². The van der Waals surface area contributed by atoms with E-state index in [0.717, 1.165) is 12.4 Å². The third kappa shape index (κ3) is 5.72. The van der Waals surface area contributed by atoms with Crippen molar-refractivity contribution < 1.29 is 35.9 Å². The van der Waals surface area contributed by atoms with Crippen molar-refractivity contribution in [1.82, 2.24) is 14.9 Å². The van der Waals surface area contributed by atoms with Crippen molar-refractivity contribution >= 4 is 22.6 Å². The van der Waals surface area contributed by atoms with Crippen molar-refractivity contribution in [2.75, 3.05) is 31.1 Å². The Kier molecular flexibility index (Phi) is 6.72. The van der Waals surface area contributed by atoms with Crippen molar-refractivity contribution in [1.29, 1.82) is 0 Å². The van der Waals surface area contributed by atoms with Crippen LogP contribution < -0.4 is 10.5 Å². The summed E-state index contributed by atoms with van der Waals surface area (Å²) in [6, 6.07) is 0.713. The maximum absolute atomic E-state index is 12.9. The Morgan fingerprint density at radius 2 is 1.84 bits per heavy atom. The summed E-state index contributed by atoms with van der Waals surface area (Å²) < 4.78 is 82.0. The lowest BCUT2D eigenvalue weighted by molar-refractivity contribution is -0.138. The number of nitrogens with zero attached hydrogens (tertiary/aromatic N) is 3. The smallest absolute Gasteiger partial charge is 0.427 e. The quantitative estimate of drug-likeness (QED) is 0.669. The predicted molar refractivity (Wildman–Crippen MR) is 103 cm³/mol. The van der Waals surface area contributed by atoms with Crippen LogP contribution in [0.1, 0.15) is 22.9 Å². The standard InChI is InChI=1S/C18H18F6N4O3S/c1-10(6-11-7-12(17(19,20)21)14(29)25-8-11)31-16(30)28-4-2-27(3-5-28)15-26-9-13(32-15)18(22,23)24/h7-10H,2-6H2,1H3,(H,25,29)/t10-/m0/s1. The van der Waals surface area contributed by atoms with E-state index in [4.69, 9.17) is 4.74 Å². The van der Waals surface area contributed by atoms with Gasteiger partial charge in [0.05, 0.1) is 6.20 Å². The minimum atomic E-state index is -4.80. The molecule has 0 aliphatic carbocycles. The van der Waals surface area contributed by atoms with Crippen LogP contribution in [0.5, 0.6) is 0 Å². The second-order valence-corrected chi connectivity index (χ2v) is 8.14. The topological polar surface area (TPSA) is 78.5 Å². The third-order valence-corrected chi connectivity index (χ3v) is 5.78. The van der Waals surface area contributed by atoms with Gasteiger partial charge < -0.3 is 19.5 Å². The fraction of sp³-hybridized carbons (Fsp3) is 0.500. The number of thiazole rings is 1. The number of ether oxygens (including phenoxy) is 1. The Morgan fingerprint density at radius 1 is 1.19 bits per heavy atom. The van der Waals surface area contributed by atoms with Gasteiger partial charge in [0.2, 0.25) is 0 Å². The minimum Gasteiger partial charge on any atom is -0.446 e. The average molecular weight is 484 g/mol. The second-order valence-electron chi connectivity index (χ2n) is 7.13. The summed E-state index contributed by atoms with van der Waals surface area (Å²) in [5, 5.41) is 0.206. The van der Waals surface area contributed by atoms with Crippen LogP contribution in [0.3, 0.4) is 0 Å². The van der Waals surface area contributed by atoms with E-state index >= 15 is 0 Å². The molecule has 1 amide bonds. The van der Waals surface area contributed by atoms with E-state index in [1.54, 1.807) is 4.90 Å². The Balaban J connectivity index is 1.53. The van der Waals surface area contributed by atoms with Gasteiger partial charge in [0.15, 0.2) is 5.13 Å². The number of amides is 1. The second kappa shape index (κ2) is 9.00. The number of H-pyrrole nitrogens is 1. The van der Waals surface area contributed by atoms with Gasteiger partial charge >= 0.3 is 18.4 Å². The SMILES string of the molecule is C[C@@H](Cc1c[nH]c(=O)c(C(F)(F)F)c1)OC(=O)N1CCN(c2ncc(C(F)(F)F)s2)CC1. The molecule has 2 aromatic heterocycles. The summed E-state index contributed by atoms with van der Waals surface area (Å²) in [5.41, 5.74) is -2.45. The number of nitrogens with one attached hydrogen (secondary N) is 1. The summed E-state index contributed by atoms with van der Waals surface area (Å²) >= 11 is 0.521. The first-order valence-electron chi connectivity index (χ1n) is 9.37. The van der Waals surface area contributed by atoms with Crippen LogP contribution in [-0.2, 0) is 23.5 Å². The normalized spacial score (nSPS) is 16.2. The Hall–Kier alpha value is -2.77.